The molecule has 1 aromatic carbocycles. The highest BCUT2D eigenvalue weighted by atomic mass is 16.5. The third kappa shape index (κ3) is 3.17. The number of hydrogen-bond acceptors (Lipinski definition) is 3. The Bertz CT molecular complexity index is 554. The largest absolute Gasteiger partial charge is 0.493 e. The first-order valence-electron chi connectivity index (χ1n) is 7.10. The van der Waals surface area contributed by atoms with Crippen LogP contribution in [0, 0.1) is 0 Å². The summed E-state index contributed by atoms with van der Waals surface area (Å²) in [6.07, 6.45) is 4.64. The molecule has 1 unspecified atom stereocenters. The molecule has 0 spiro atoms. The van der Waals surface area contributed by atoms with Crippen molar-refractivity contribution in [2.24, 2.45) is 0 Å². The zero-order chi connectivity index (χ0) is 14.4. The molecule has 0 fully saturated rings. The van der Waals surface area contributed by atoms with Crippen molar-refractivity contribution in [1.82, 2.24) is 4.98 Å². The monoisotopic (exact) mass is 271 g/mol. The number of aromatic nitrogens is 1. The molecule has 20 heavy (non-hydrogen) atoms. The minimum absolute atomic E-state index is 0.653. The van der Waals surface area contributed by atoms with Gasteiger partial charge < -0.3 is 9.84 Å². The molecule has 1 heterocycles. The molecular weight excluding hydrogens is 250 g/mol. The van der Waals surface area contributed by atoms with Crippen molar-refractivity contribution >= 4 is 0 Å². The van der Waals surface area contributed by atoms with Crippen LogP contribution in [0.1, 0.15) is 43.1 Å². The van der Waals surface area contributed by atoms with Crippen LogP contribution in [0.2, 0.25) is 0 Å². The van der Waals surface area contributed by atoms with Crippen LogP contribution in [0.25, 0.3) is 0 Å². The summed E-state index contributed by atoms with van der Waals surface area (Å²) in [5, 5.41) is 10.7. The number of aliphatic hydroxyl groups excluding tert-OH is 1. The zero-order valence-electron chi connectivity index (χ0n) is 12.0. The minimum Gasteiger partial charge on any atom is -0.493 e. The molecule has 2 aromatic rings. The fourth-order valence-corrected chi connectivity index (χ4v) is 2.22. The third-order valence-corrected chi connectivity index (χ3v) is 3.29. The SMILES string of the molecule is CCCOc1ccccc1C(O)c1ccncc1CC. The number of pyridine rings is 1. The van der Waals surface area contributed by atoms with Crippen LogP contribution in [-0.2, 0) is 6.42 Å². The number of hydrogen-bond donors (Lipinski definition) is 1. The summed E-state index contributed by atoms with van der Waals surface area (Å²) in [6.45, 7) is 4.78. The van der Waals surface area contributed by atoms with Crippen molar-refractivity contribution in [3.05, 3.63) is 59.4 Å². The molecule has 0 aliphatic carbocycles. The van der Waals surface area contributed by atoms with E-state index in [1.54, 1.807) is 6.20 Å². The Morgan fingerprint density at radius 2 is 1.95 bits per heavy atom. The van der Waals surface area contributed by atoms with E-state index in [9.17, 15) is 5.11 Å². The lowest BCUT2D eigenvalue weighted by Gasteiger charge is -2.18. The fraction of sp³-hybridized carbons (Fsp3) is 0.353. The second kappa shape index (κ2) is 7.06. The number of rotatable bonds is 6. The first kappa shape index (κ1) is 14.5. The lowest BCUT2D eigenvalue weighted by molar-refractivity contribution is 0.209. The van der Waals surface area contributed by atoms with Crippen molar-refractivity contribution in [3.8, 4) is 5.75 Å². The highest BCUT2D eigenvalue weighted by Crippen LogP contribution is 2.31. The van der Waals surface area contributed by atoms with Crippen molar-refractivity contribution in [2.45, 2.75) is 32.8 Å². The van der Waals surface area contributed by atoms with Crippen LogP contribution < -0.4 is 4.74 Å². The van der Waals surface area contributed by atoms with Crippen LogP contribution in [0.3, 0.4) is 0 Å². The van der Waals surface area contributed by atoms with E-state index in [2.05, 4.69) is 18.8 Å². The van der Waals surface area contributed by atoms with Crippen molar-refractivity contribution in [2.75, 3.05) is 6.61 Å². The second-order valence-corrected chi connectivity index (χ2v) is 4.72. The number of ether oxygens (including phenoxy) is 1. The van der Waals surface area contributed by atoms with Gasteiger partial charge in [0, 0.05) is 18.0 Å². The first-order chi connectivity index (χ1) is 9.77. The lowest BCUT2D eigenvalue weighted by atomic mass is 9.96. The Morgan fingerprint density at radius 1 is 1.15 bits per heavy atom. The summed E-state index contributed by atoms with van der Waals surface area (Å²) in [7, 11) is 0. The predicted octanol–water partition coefficient (Wildman–Crippen LogP) is 3.51. The van der Waals surface area contributed by atoms with E-state index in [1.165, 1.54) is 0 Å². The summed E-state index contributed by atoms with van der Waals surface area (Å²) in [5.74, 6) is 0.751. The Balaban J connectivity index is 2.35. The maximum absolute atomic E-state index is 10.7. The molecule has 0 saturated carbocycles. The highest BCUT2D eigenvalue weighted by Gasteiger charge is 2.17. The van der Waals surface area contributed by atoms with Gasteiger partial charge in [0.1, 0.15) is 11.9 Å². The average molecular weight is 271 g/mol. The molecule has 0 aliphatic heterocycles. The standard InChI is InChI=1S/C17H21NO2/c1-3-11-20-16-8-6-5-7-15(16)17(19)14-9-10-18-12-13(14)4-2/h5-10,12,17,19H,3-4,11H2,1-2H3. The van der Waals surface area contributed by atoms with E-state index >= 15 is 0 Å². The Morgan fingerprint density at radius 3 is 2.70 bits per heavy atom. The first-order valence-corrected chi connectivity index (χ1v) is 7.10. The van der Waals surface area contributed by atoms with E-state index in [-0.39, 0.29) is 0 Å². The molecule has 0 saturated heterocycles. The Kier molecular flexibility index (Phi) is 5.13. The van der Waals surface area contributed by atoms with Gasteiger partial charge in [-0.3, -0.25) is 4.98 Å². The van der Waals surface area contributed by atoms with E-state index in [4.69, 9.17) is 4.74 Å². The van der Waals surface area contributed by atoms with E-state index in [1.807, 2.05) is 36.5 Å². The zero-order valence-corrected chi connectivity index (χ0v) is 12.0. The van der Waals surface area contributed by atoms with Gasteiger partial charge in [0.2, 0.25) is 0 Å². The van der Waals surface area contributed by atoms with Crippen molar-refractivity contribution < 1.29 is 9.84 Å². The number of para-hydroxylation sites is 1. The van der Waals surface area contributed by atoms with E-state index in [0.29, 0.717) is 6.61 Å². The molecule has 1 atom stereocenters. The van der Waals surface area contributed by atoms with Gasteiger partial charge in [0.25, 0.3) is 0 Å². The van der Waals surface area contributed by atoms with Crippen LogP contribution in [0.4, 0.5) is 0 Å². The summed E-state index contributed by atoms with van der Waals surface area (Å²) in [5.41, 5.74) is 2.77. The molecule has 3 nitrogen and oxygen atoms in total. The predicted molar refractivity (Wildman–Crippen MR) is 79.9 cm³/mol. The van der Waals surface area contributed by atoms with Gasteiger partial charge in [-0.25, -0.2) is 0 Å². The summed E-state index contributed by atoms with van der Waals surface area (Å²) in [6, 6.07) is 9.54. The molecule has 3 heteroatoms. The smallest absolute Gasteiger partial charge is 0.125 e. The summed E-state index contributed by atoms with van der Waals surface area (Å²) in [4.78, 5) is 4.12. The highest BCUT2D eigenvalue weighted by molar-refractivity contribution is 5.42. The van der Waals surface area contributed by atoms with Crippen LogP contribution in [0.5, 0.6) is 5.75 Å². The van der Waals surface area contributed by atoms with Crippen molar-refractivity contribution in [1.29, 1.82) is 0 Å². The molecule has 1 aromatic heterocycles. The average Bonchev–Trinajstić information content (AvgIpc) is 2.52. The topological polar surface area (TPSA) is 42.4 Å². The fourth-order valence-electron chi connectivity index (χ4n) is 2.22. The van der Waals surface area contributed by atoms with Gasteiger partial charge in [-0.1, -0.05) is 32.0 Å². The van der Waals surface area contributed by atoms with Gasteiger partial charge in [0.05, 0.1) is 6.61 Å². The molecule has 0 bridgehead atoms. The van der Waals surface area contributed by atoms with Crippen LogP contribution in [0.15, 0.2) is 42.7 Å². The summed E-state index contributed by atoms with van der Waals surface area (Å²) >= 11 is 0. The summed E-state index contributed by atoms with van der Waals surface area (Å²) < 4.78 is 5.73. The number of aryl methyl sites for hydroxylation is 1. The molecule has 1 N–H and O–H groups in total. The quantitative estimate of drug-likeness (QED) is 0.874. The molecule has 106 valence electrons. The van der Waals surface area contributed by atoms with Gasteiger partial charge in [-0.05, 0) is 36.1 Å². The lowest BCUT2D eigenvalue weighted by Crippen LogP contribution is -2.07. The van der Waals surface area contributed by atoms with Crippen molar-refractivity contribution in [3.63, 3.8) is 0 Å². The van der Waals surface area contributed by atoms with Gasteiger partial charge in [-0.15, -0.1) is 0 Å². The normalized spacial score (nSPS) is 12.2. The third-order valence-electron chi connectivity index (χ3n) is 3.29. The Hall–Kier alpha value is -1.87. The number of nitrogens with zero attached hydrogens (tertiary/aromatic N) is 1. The van der Waals surface area contributed by atoms with Gasteiger partial charge >= 0.3 is 0 Å². The minimum atomic E-state index is -0.680. The maximum Gasteiger partial charge on any atom is 0.125 e. The number of aliphatic hydroxyl groups is 1. The Labute approximate surface area is 120 Å². The molecular formula is C17H21NO2. The molecule has 0 aliphatic rings. The van der Waals surface area contributed by atoms with Crippen LogP contribution >= 0.6 is 0 Å². The van der Waals surface area contributed by atoms with E-state index in [0.717, 1.165) is 35.3 Å². The molecule has 0 amide bonds. The van der Waals surface area contributed by atoms with E-state index < -0.39 is 6.10 Å². The second-order valence-electron chi connectivity index (χ2n) is 4.72. The molecule has 2 rings (SSSR count). The maximum atomic E-state index is 10.7. The number of benzene rings is 1. The van der Waals surface area contributed by atoms with Gasteiger partial charge in [0.15, 0.2) is 0 Å². The van der Waals surface area contributed by atoms with Crippen LogP contribution in [-0.4, -0.2) is 16.7 Å². The van der Waals surface area contributed by atoms with Gasteiger partial charge in [-0.2, -0.15) is 0 Å². The molecule has 0 radical (unpaired) electrons.